The van der Waals surface area contributed by atoms with E-state index in [0.717, 1.165) is 55.7 Å². The van der Waals surface area contributed by atoms with Crippen LogP contribution in [-0.2, 0) is 26.6 Å². The van der Waals surface area contributed by atoms with Gasteiger partial charge in [0.2, 0.25) is 0 Å². The zero-order valence-electron chi connectivity index (χ0n) is 18.3. The van der Waals surface area contributed by atoms with Crippen molar-refractivity contribution in [3.8, 4) is 5.75 Å². The van der Waals surface area contributed by atoms with Crippen LogP contribution in [0.25, 0.3) is 0 Å². The number of hydrogen-bond donors (Lipinski definition) is 2. The molecule has 0 saturated heterocycles. The highest BCUT2D eigenvalue weighted by atomic mass is 127. The highest BCUT2D eigenvalue weighted by Gasteiger charge is 2.06. The molecule has 0 aliphatic carbocycles. The Labute approximate surface area is 205 Å². The van der Waals surface area contributed by atoms with Gasteiger partial charge in [0.15, 0.2) is 11.8 Å². The molecule has 2 aromatic heterocycles. The fourth-order valence-electron chi connectivity index (χ4n) is 2.95. The summed E-state index contributed by atoms with van der Waals surface area (Å²) in [6.45, 7) is 4.05. The Bertz CT molecular complexity index is 924. The topological polar surface area (TPSA) is 76.4 Å². The maximum Gasteiger partial charge on any atom is 0.192 e. The predicted octanol–water partition coefficient (Wildman–Crippen LogP) is 4.07. The number of ether oxygens (including phenoxy) is 1. The summed E-state index contributed by atoms with van der Waals surface area (Å²) in [4.78, 5) is 5.98. The second-order valence-electron chi connectivity index (χ2n) is 7.05. The standard InChI is InChI=1S/C22H30N6OS.HI/c1-17-26-27-21(28(17)2)16-25-22(24-15-20-8-6-14-30-20)23-13-5-4-7-18-9-11-19(29-3)12-10-18;/h6,8-12,14H,4-5,7,13,15-16H2,1-3H3,(H2,23,24,25);1H. The molecule has 0 fully saturated rings. The lowest BCUT2D eigenvalue weighted by Crippen LogP contribution is -2.37. The molecular weight excluding hydrogens is 523 g/mol. The molecule has 9 heteroatoms. The number of aliphatic imine (C=N–C) groups is 1. The average molecular weight is 555 g/mol. The predicted molar refractivity (Wildman–Crippen MR) is 137 cm³/mol. The summed E-state index contributed by atoms with van der Waals surface area (Å²) in [6.07, 6.45) is 3.23. The quantitative estimate of drug-likeness (QED) is 0.171. The van der Waals surface area contributed by atoms with Crippen molar-refractivity contribution >= 4 is 41.3 Å². The molecule has 2 heterocycles. The normalized spacial score (nSPS) is 11.1. The van der Waals surface area contributed by atoms with Gasteiger partial charge in [0.05, 0.1) is 13.7 Å². The molecule has 0 bridgehead atoms. The number of hydrogen-bond acceptors (Lipinski definition) is 5. The van der Waals surface area contributed by atoms with E-state index in [0.29, 0.717) is 6.54 Å². The lowest BCUT2D eigenvalue weighted by Gasteiger charge is -2.12. The maximum atomic E-state index is 5.21. The van der Waals surface area contributed by atoms with Crippen LogP contribution in [0, 0.1) is 6.92 Å². The highest BCUT2D eigenvalue weighted by molar-refractivity contribution is 14.0. The van der Waals surface area contributed by atoms with Crippen LogP contribution < -0.4 is 15.4 Å². The second-order valence-corrected chi connectivity index (χ2v) is 8.08. The van der Waals surface area contributed by atoms with E-state index < -0.39 is 0 Å². The van der Waals surface area contributed by atoms with Crippen molar-refractivity contribution in [3.05, 3.63) is 63.9 Å². The molecule has 168 valence electrons. The Hall–Kier alpha value is -2.14. The van der Waals surface area contributed by atoms with E-state index in [2.05, 4.69) is 50.5 Å². The van der Waals surface area contributed by atoms with Gasteiger partial charge < -0.3 is 19.9 Å². The number of benzene rings is 1. The van der Waals surface area contributed by atoms with Crippen molar-refractivity contribution < 1.29 is 4.74 Å². The summed E-state index contributed by atoms with van der Waals surface area (Å²) in [6, 6.07) is 12.5. The fourth-order valence-corrected chi connectivity index (χ4v) is 3.59. The van der Waals surface area contributed by atoms with Crippen molar-refractivity contribution in [1.82, 2.24) is 25.4 Å². The molecule has 0 atom stereocenters. The first kappa shape index (κ1) is 25.1. The highest BCUT2D eigenvalue weighted by Crippen LogP contribution is 2.13. The number of thiophene rings is 1. The third-order valence-electron chi connectivity index (χ3n) is 4.92. The fraction of sp³-hybridized carbons (Fsp3) is 0.409. The van der Waals surface area contributed by atoms with Gasteiger partial charge in [0, 0.05) is 18.5 Å². The van der Waals surface area contributed by atoms with Crippen LogP contribution in [0.1, 0.15) is 34.9 Å². The van der Waals surface area contributed by atoms with Crippen molar-refractivity contribution in [2.24, 2.45) is 12.0 Å². The molecule has 0 unspecified atom stereocenters. The Kier molecular flexibility index (Phi) is 10.8. The molecule has 7 nitrogen and oxygen atoms in total. The summed E-state index contributed by atoms with van der Waals surface area (Å²) < 4.78 is 7.18. The molecular formula is C22H31IN6OS. The van der Waals surface area contributed by atoms with Crippen LogP contribution in [0.15, 0.2) is 46.8 Å². The summed E-state index contributed by atoms with van der Waals surface area (Å²) >= 11 is 1.74. The molecule has 1 aromatic carbocycles. The van der Waals surface area contributed by atoms with E-state index in [1.54, 1.807) is 18.4 Å². The van der Waals surface area contributed by atoms with Crippen LogP contribution >= 0.6 is 35.3 Å². The van der Waals surface area contributed by atoms with Crippen LogP contribution in [0.3, 0.4) is 0 Å². The first-order chi connectivity index (χ1) is 14.7. The molecule has 0 spiro atoms. The smallest absolute Gasteiger partial charge is 0.192 e. The SMILES string of the molecule is COc1ccc(CCCCNC(=NCc2nnc(C)n2C)NCc2cccs2)cc1.I. The number of nitrogens with zero attached hydrogens (tertiary/aromatic N) is 4. The Morgan fingerprint density at radius 2 is 1.94 bits per heavy atom. The lowest BCUT2D eigenvalue weighted by atomic mass is 10.1. The number of unbranched alkanes of at least 4 members (excludes halogenated alkanes) is 1. The molecule has 3 rings (SSSR count). The van der Waals surface area contributed by atoms with E-state index >= 15 is 0 Å². The molecule has 0 aliphatic rings. The third kappa shape index (κ3) is 8.13. The van der Waals surface area contributed by atoms with E-state index in [1.807, 2.05) is 30.7 Å². The van der Waals surface area contributed by atoms with E-state index in [1.165, 1.54) is 10.4 Å². The summed E-state index contributed by atoms with van der Waals surface area (Å²) in [5, 5.41) is 17.3. The first-order valence-corrected chi connectivity index (χ1v) is 11.1. The monoisotopic (exact) mass is 554 g/mol. The van der Waals surface area contributed by atoms with Crippen molar-refractivity contribution in [3.63, 3.8) is 0 Å². The molecule has 0 radical (unpaired) electrons. The minimum atomic E-state index is 0. The van der Waals surface area contributed by atoms with Crippen molar-refractivity contribution in [1.29, 1.82) is 0 Å². The number of nitrogens with one attached hydrogen (secondary N) is 2. The number of rotatable bonds is 10. The summed E-state index contributed by atoms with van der Waals surface area (Å²) in [5.74, 6) is 3.44. The molecule has 31 heavy (non-hydrogen) atoms. The van der Waals surface area contributed by atoms with Gasteiger partial charge in [-0.25, -0.2) is 4.99 Å². The average Bonchev–Trinajstić information content (AvgIpc) is 3.40. The second kappa shape index (κ2) is 13.3. The van der Waals surface area contributed by atoms with Crippen LogP contribution in [0.2, 0.25) is 0 Å². The number of methoxy groups -OCH3 is 1. The Morgan fingerprint density at radius 3 is 2.58 bits per heavy atom. The van der Waals surface area contributed by atoms with Gasteiger partial charge in [-0.15, -0.1) is 45.5 Å². The van der Waals surface area contributed by atoms with Crippen LogP contribution in [-0.4, -0.2) is 34.4 Å². The number of halogens is 1. The van der Waals surface area contributed by atoms with Gasteiger partial charge in [-0.2, -0.15) is 0 Å². The number of guanidine groups is 1. The Morgan fingerprint density at radius 1 is 1.13 bits per heavy atom. The summed E-state index contributed by atoms with van der Waals surface area (Å²) in [5.41, 5.74) is 1.33. The molecule has 0 aliphatic heterocycles. The minimum absolute atomic E-state index is 0. The Balaban J connectivity index is 0.00000341. The third-order valence-corrected chi connectivity index (χ3v) is 5.79. The van der Waals surface area contributed by atoms with Gasteiger partial charge >= 0.3 is 0 Å². The van der Waals surface area contributed by atoms with E-state index in [-0.39, 0.29) is 24.0 Å². The van der Waals surface area contributed by atoms with Crippen LogP contribution in [0.4, 0.5) is 0 Å². The molecule has 0 amide bonds. The zero-order chi connectivity index (χ0) is 21.2. The van der Waals surface area contributed by atoms with E-state index in [4.69, 9.17) is 9.73 Å². The van der Waals surface area contributed by atoms with Gasteiger partial charge in [0.25, 0.3) is 0 Å². The molecule has 0 saturated carbocycles. The zero-order valence-corrected chi connectivity index (χ0v) is 21.4. The minimum Gasteiger partial charge on any atom is -0.497 e. The number of aryl methyl sites for hydroxylation is 2. The largest absolute Gasteiger partial charge is 0.497 e. The van der Waals surface area contributed by atoms with Gasteiger partial charge in [-0.3, -0.25) is 0 Å². The number of aromatic nitrogens is 3. The van der Waals surface area contributed by atoms with E-state index in [9.17, 15) is 0 Å². The molecule has 3 aromatic rings. The maximum absolute atomic E-state index is 5.21. The van der Waals surface area contributed by atoms with Crippen molar-refractivity contribution in [2.45, 2.75) is 39.3 Å². The lowest BCUT2D eigenvalue weighted by molar-refractivity contribution is 0.414. The van der Waals surface area contributed by atoms with Crippen molar-refractivity contribution in [2.75, 3.05) is 13.7 Å². The van der Waals surface area contributed by atoms with Gasteiger partial charge in [-0.05, 0) is 55.3 Å². The first-order valence-electron chi connectivity index (χ1n) is 10.2. The van der Waals surface area contributed by atoms with Crippen LogP contribution in [0.5, 0.6) is 5.75 Å². The summed E-state index contributed by atoms with van der Waals surface area (Å²) in [7, 11) is 3.66. The molecule has 2 N–H and O–H groups in total. The van der Waals surface area contributed by atoms with Gasteiger partial charge in [0.1, 0.15) is 18.1 Å². The van der Waals surface area contributed by atoms with Gasteiger partial charge in [-0.1, -0.05) is 18.2 Å².